The third kappa shape index (κ3) is 4.73. The summed E-state index contributed by atoms with van der Waals surface area (Å²) in [5, 5.41) is 8.17. The number of piperazine rings is 1. The average Bonchev–Trinajstić information content (AvgIpc) is 3.45. The van der Waals surface area contributed by atoms with Crippen molar-refractivity contribution in [1.29, 1.82) is 0 Å². The molecule has 2 aromatic heterocycles. The number of fused-ring (bicyclic) bond motifs is 1. The van der Waals surface area contributed by atoms with E-state index < -0.39 is 10.0 Å². The van der Waals surface area contributed by atoms with Crippen LogP contribution in [0.25, 0.3) is 5.82 Å². The molecule has 1 saturated heterocycles. The Morgan fingerprint density at radius 2 is 2.03 bits per heavy atom. The Kier molecular flexibility index (Phi) is 6.31. The fourth-order valence-corrected chi connectivity index (χ4v) is 5.38. The maximum Gasteiger partial charge on any atom is 0.338 e. The number of ether oxygens (including phenoxy) is 1. The molecule has 0 radical (unpaired) electrons. The van der Waals surface area contributed by atoms with Crippen LogP contribution in [-0.4, -0.2) is 66.5 Å². The molecule has 2 aliphatic rings. The van der Waals surface area contributed by atoms with Crippen molar-refractivity contribution < 1.29 is 17.9 Å². The number of rotatable bonds is 6. The Labute approximate surface area is 210 Å². The van der Waals surface area contributed by atoms with Crippen molar-refractivity contribution >= 4 is 21.8 Å². The van der Waals surface area contributed by atoms with Crippen LogP contribution < -0.4 is 9.62 Å². The molecule has 1 aromatic carbocycles. The summed E-state index contributed by atoms with van der Waals surface area (Å²) in [4.78, 5) is 18.8. The molecule has 0 amide bonds. The van der Waals surface area contributed by atoms with E-state index in [0.29, 0.717) is 23.8 Å². The number of nitrogens with one attached hydrogen (secondary N) is 1. The van der Waals surface area contributed by atoms with Crippen LogP contribution in [0.4, 0.5) is 5.82 Å². The predicted molar refractivity (Wildman–Crippen MR) is 136 cm³/mol. The van der Waals surface area contributed by atoms with Gasteiger partial charge < -0.3 is 10.1 Å². The molecule has 11 heteroatoms. The van der Waals surface area contributed by atoms with Crippen LogP contribution in [0, 0.1) is 6.92 Å². The van der Waals surface area contributed by atoms with E-state index in [1.807, 2.05) is 24.5 Å². The predicted octanol–water partition coefficient (Wildman–Crippen LogP) is 2.18. The van der Waals surface area contributed by atoms with Gasteiger partial charge in [-0.05, 0) is 43.2 Å². The Bertz CT molecular complexity index is 1420. The van der Waals surface area contributed by atoms with E-state index in [-0.39, 0.29) is 18.1 Å². The number of hydrogen-bond donors (Lipinski definition) is 1. The summed E-state index contributed by atoms with van der Waals surface area (Å²) in [6, 6.07) is 9.55. The van der Waals surface area contributed by atoms with Crippen LogP contribution in [0.15, 0.2) is 42.7 Å². The lowest BCUT2D eigenvalue weighted by Gasteiger charge is -2.38. The lowest BCUT2D eigenvalue weighted by molar-refractivity contribution is 0.0535. The number of sulfonamides is 1. The number of hydrogen-bond acceptors (Lipinski definition) is 8. The van der Waals surface area contributed by atoms with Crippen molar-refractivity contribution in [3.63, 3.8) is 0 Å². The number of anilines is 1. The summed E-state index contributed by atoms with van der Waals surface area (Å²) in [6.07, 6.45) is 4.89. The summed E-state index contributed by atoms with van der Waals surface area (Å²) in [5.74, 6) is 0.639. The molecule has 4 heterocycles. The smallest absolute Gasteiger partial charge is 0.338 e. The number of esters is 1. The lowest BCUT2D eigenvalue weighted by Crippen LogP contribution is -2.50. The number of benzene rings is 1. The molecule has 2 aliphatic heterocycles. The summed E-state index contributed by atoms with van der Waals surface area (Å²) in [7, 11) is -1.93. The minimum atomic E-state index is -3.41. The fraction of sp³-hybridized carbons (Fsp3) is 0.400. The number of cyclic esters (lactones) is 1. The van der Waals surface area contributed by atoms with Crippen molar-refractivity contribution in [3.8, 4) is 5.82 Å². The third-order valence-corrected chi connectivity index (χ3v) is 8.04. The molecule has 0 bridgehead atoms. The van der Waals surface area contributed by atoms with Gasteiger partial charge in [0.1, 0.15) is 12.4 Å². The molecule has 0 spiro atoms. The molecular weight excluding hydrogens is 480 g/mol. The zero-order valence-electron chi connectivity index (χ0n) is 20.8. The molecule has 190 valence electrons. The largest absolute Gasteiger partial charge is 0.457 e. The van der Waals surface area contributed by atoms with Gasteiger partial charge in [0, 0.05) is 56.1 Å². The quantitative estimate of drug-likeness (QED) is 0.503. The zero-order valence-corrected chi connectivity index (χ0v) is 21.6. The Hall–Kier alpha value is -3.28. The topological polar surface area (TPSA) is 110 Å². The Morgan fingerprint density at radius 3 is 2.81 bits per heavy atom. The third-order valence-electron chi connectivity index (χ3n) is 6.86. The van der Waals surface area contributed by atoms with Gasteiger partial charge in [0.25, 0.3) is 0 Å². The van der Waals surface area contributed by atoms with Crippen LogP contribution in [0.5, 0.6) is 0 Å². The van der Waals surface area contributed by atoms with Gasteiger partial charge in [-0.25, -0.2) is 22.9 Å². The first-order valence-corrected chi connectivity index (χ1v) is 13.7. The summed E-state index contributed by atoms with van der Waals surface area (Å²) >= 11 is 0. The normalized spacial score (nSPS) is 20.3. The highest BCUT2D eigenvalue weighted by Crippen LogP contribution is 2.31. The van der Waals surface area contributed by atoms with E-state index in [9.17, 15) is 13.2 Å². The molecule has 1 fully saturated rings. The van der Waals surface area contributed by atoms with Crippen LogP contribution >= 0.6 is 0 Å². The molecule has 0 aliphatic carbocycles. The Balaban J connectivity index is 1.32. The van der Waals surface area contributed by atoms with Gasteiger partial charge >= 0.3 is 5.97 Å². The van der Waals surface area contributed by atoms with Crippen LogP contribution in [-0.2, 0) is 27.9 Å². The Morgan fingerprint density at radius 1 is 1.22 bits per heavy atom. The van der Waals surface area contributed by atoms with E-state index >= 15 is 0 Å². The van der Waals surface area contributed by atoms with Crippen LogP contribution in [0.2, 0.25) is 0 Å². The second-order valence-electron chi connectivity index (χ2n) is 9.57. The molecule has 3 aromatic rings. The second kappa shape index (κ2) is 9.30. The van der Waals surface area contributed by atoms with Crippen molar-refractivity contribution in [2.24, 2.45) is 0 Å². The van der Waals surface area contributed by atoms with Gasteiger partial charge in [0.2, 0.25) is 10.0 Å². The number of carbonyl (C=O) groups excluding carboxylic acids is 1. The van der Waals surface area contributed by atoms with Crippen molar-refractivity contribution in [1.82, 2.24) is 25.0 Å². The summed E-state index contributed by atoms with van der Waals surface area (Å²) < 4.78 is 31.8. The van der Waals surface area contributed by atoms with E-state index in [1.54, 1.807) is 22.9 Å². The minimum absolute atomic E-state index is 0.134. The maximum absolute atomic E-state index is 11.9. The number of aromatic nitrogens is 3. The highest BCUT2D eigenvalue weighted by atomic mass is 32.2. The molecule has 5 rings (SSSR count). The van der Waals surface area contributed by atoms with E-state index in [0.717, 1.165) is 46.9 Å². The minimum Gasteiger partial charge on any atom is -0.457 e. The van der Waals surface area contributed by atoms with Crippen molar-refractivity contribution in [2.45, 2.75) is 39.1 Å². The van der Waals surface area contributed by atoms with Gasteiger partial charge in [0.05, 0.1) is 18.0 Å². The number of pyridine rings is 1. The second-order valence-corrected chi connectivity index (χ2v) is 11.6. The van der Waals surface area contributed by atoms with Gasteiger partial charge in [-0.15, -0.1) is 0 Å². The lowest BCUT2D eigenvalue weighted by atomic mass is 9.92. The molecule has 10 nitrogen and oxygen atoms in total. The standard InChI is InChI=1S/C25H30N6O4S/c1-16-11-30(14-22(27-16)19-8-9-20-21(17(19)2)15-35-25(20)32)12-18-10-26-31(13-18)24-7-5-6-23(28-24)29(3)36(4,33)34/h5-10,13,16,22,27H,11-12,14-15H2,1-4H3/t16-,22-/m0/s1. The molecule has 1 N–H and O–H groups in total. The van der Waals surface area contributed by atoms with Gasteiger partial charge in [-0.2, -0.15) is 5.10 Å². The molecule has 0 saturated carbocycles. The summed E-state index contributed by atoms with van der Waals surface area (Å²) in [6.45, 7) is 7.00. The van der Waals surface area contributed by atoms with Crippen molar-refractivity contribution in [3.05, 3.63) is 70.5 Å². The number of carbonyl (C=O) groups is 1. The first-order valence-electron chi connectivity index (χ1n) is 11.8. The van der Waals surface area contributed by atoms with E-state index in [1.165, 1.54) is 12.6 Å². The number of nitrogens with zero attached hydrogens (tertiary/aromatic N) is 5. The van der Waals surface area contributed by atoms with Gasteiger partial charge in [-0.3, -0.25) is 9.21 Å². The average molecular weight is 511 g/mol. The molecule has 0 unspecified atom stereocenters. The molecular formula is C25H30N6O4S. The van der Waals surface area contributed by atoms with Crippen LogP contribution in [0.1, 0.15) is 45.6 Å². The fourth-order valence-electron chi connectivity index (χ4n) is 4.94. The first kappa shape index (κ1) is 24.4. The highest BCUT2D eigenvalue weighted by molar-refractivity contribution is 7.92. The zero-order chi connectivity index (χ0) is 25.6. The van der Waals surface area contributed by atoms with Crippen LogP contribution in [0.3, 0.4) is 0 Å². The van der Waals surface area contributed by atoms with E-state index in [2.05, 4.69) is 34.1 Å². The molecule has 2 atom stereocenters. The molecule has 36 heavy (non-hydrogen) atoms. The summed E-state index contributed by atoms with van der Waals surface area (Å²) in [5.41, 5.74) is 5.00. The first-order chi connectivity index (χ1) is 17.1. The highest BCUT2D eigenvalue weighted by Gasteiger charge is 2.30. The van der Waals surface area contributed by atoms with Crippen molar-refractivity contribution in [2.75, 3.05) is 30.7 Å². The SMILES string of the molecule is Cc1c([C@@H]2CN(Cc3cnn(-c4cccc(N(C)S(C)(=O)=O)n4)c3)C[C@H](C)N2)ccc2c1COC2=O. The maximum atomic E-state index is 11.9. The van der Waals surface area contributed by atoms with E-state index in [4.69, 9.17) is 4.74 Å². The van der Waals surface area contributed by atoms with Gasteiger partial charge in [0.15, 0.2) is 5.82 Å². The van der Waals surface area contributed by atoms with Gasteiger partial charge in [-0.1, -0.05) is 12.1 Å². The monoisotopic (exact) mass is 510 g/mol.